The number of hydrogen-bond acceptors (Lipinski definition) is 6. The maximum absolute atomic E-state index is 13.2. The summed E-state index contributed by atoms with van der Waals surface area (Å²) in [5, 5.41) is 6.85. The molecule has 1 aromatic heterocycles. The van der Waals surface area contributed by atoms with Crippen LogP contribution in [-0.2, 0) is 0 Å². The van der Waals surface area contributed by atoms with Crippen LogP contribution in [0, 0.1) is 0 Å². The van der Waals surface area contributed by atoms with Crippen molar-refractivity contribution in [3.63, 3.8) is 0 Å². The highest BCUT2D eigenvalue weighted by atomic mass is 35.5. The van der Waals surface area contributed by atoms with Crippen molar-refractivity contribution in [1.82, 2.24) is 0 Å². The van der Waals surface area contributed by atoms with Crippen LogP contribution in [-0.4, -0.2) is 32.1 Å². The second kappa shape index (κ2) is 11.3. The first-order valence-electron chi connectivity index (χ1n) is 11.3. The minimum atomic E-state index is -0.385. The van der Waals surface area contributed by atoms with E-state index < -0.39 is 0 Å². The Kier molecular flexibility index (Phi) is 7.97. The highest BCUT2D eigenvalue weighted by Gasteiger charge is 2.21. The predicted octanol–water partition coefficient (Wildman–Crippen LogP) is 6.87. The Labute approximate surface area is 217 Å². The Balaban J connectivity index is 1.67. The summed E-state index contributed by atoms with van der Waals surface area (Å²) in [6, 6.07) is 17.6. The van der Waals surface area contributed by atoms with Gasteiger partial charge in [0.1, 0.15) is 22.1 Å². The Morgan fingerprint density at radius 3 is 2.06 bits per heavy atom. The van der Waals surface area contributed by atoms with Crippen LogP contribution < -0.4 is 24.8 Å². The summed E-state index contributed by atoms with van der Waals surface area (Å²) in [6.07, 6.45) is 0. The molecule has 0 saturated carbocycles. The highest BCUT2D eigenvalue weighted by Crippen LogP contribution is 2.40. The third-order valence-corrected chi connectivity index (χ3v) is 6.93. The van der Waals surface area contributed by atoms with Crippen LogP contribution in [0.2, 0.25) is 5.02 Å². The average Bonchev–Trinajstić information content (AvgIpc) is 3.22. The van der Waals surface area contributed by atoms with E-state index in [1.54, 1.807) is 49.6 Å². The molecule has 0 radical (unpaired) electrons. The smallest absolute Gasteiger partial charge is 0.267 e. The third-order valence-electron chi connectivity index (χ3n) is 5.25. The fourth-order valence-electron chi connectivity index (χ4n) is 3.59. The number of amides is 2. The van der Waals surface area contributed by atoms with E-state index in [1.807, 2.05) is 32.0 Å². The summed E-state index contributed by atoms with van der Waals surface area (Å²) in [7, 11) is 1.58. The van der Waals surface area contributed by atoms with Gasteiger partial charge in [0.05, 0.1) is 36.7 Å². The Bertz CT molecular complexity index is 1400. The van der Waals surface area contributed by atoms with Gasteiger partial charge in [-0.05, 0) is 44.2 Å². The number of hydrogen-bond donors (Lipinski definition) is 2. The first-order chi connectivity index (χ1) is 17.4. The van der Waals surface area contributed by atoms with E-state index in [0.717, 1.165) is 10.1 Å². The van der Waals surface area contributed by atoms with Crippen molar-refractivity contribution in [2.24, 2.45) is 0 Å². The van der Waals surface area contributed by atoms with Gasteiger partial charge in [0, 0.05) is 27.8 Å². The Morgan fingerprint density at radius 2 is 1.47 bits per heavy atom. The minimum Gasteiger partial charge on any atom is -0.497 e. The first-order valence-corrected chi connectivity index (χ1v) is 12.5. The number of thiophene rings is 1. The van der Waals surface area contributed by atoms with Crippen LogP contribution in [0.25, 0.3) is 10.1 Å². The maximum Gasteiger partial charge on any atom is 0.267 e. The molecule has 2 N–H and O–H groups in total. The topological polar surface area (TPSA) is 85.9 Å². The summed E-state index contributed by atoms with van der Waals surface area (Å²) in [5.41, 5.74) is 1.33. The van der Waals surface area contributed by atoms with Gasteiger partial charge in [-0.2, -0.15) is 0 Å². The molecular formula is C27H25ClN2O5S. The van der Waals surface area contributed by atoms with E-state index in [2.05, 4.69) is 10.6 Å². The number of methoxy groups -OCH3 is 1. The second-order valence-electron chi connectivity index (χ2n) is 7.59. The van der Waals surface area contributed by atoms with Gasteiger partial charge in [0.15, 0.2) is 0 Å². The molecule has 1 heterocycles. The van der Waals surface area contributed by atoms with E-state index in [4.69, 9.17) is 25.8 Å². The summed E-state index contributed by atoms with van der Waals surface area (Å²) in [6.45, 7) is 4.38. The first kappa shape index (κ1) is 25.3. The molecule has 3 aromatic carbocycles. The molecular weight excluding hydrogens is 500 g/mol. The quantitative estimate of drug-likeness (QED) is 0.249. The van der Waals surface area contributed by atoms with E-state index in [1.165, 1.54) is 11.3 Å². The zero-order valence-corrected chi connectivity index (χ0v) is 21.6. The van der Waals surface area contributed by atoms with Crippen LogP contribution in [0.5, 0.6) is 17.2 Å². The van der Waals surface area contributed by atoms with Gasteiger partial charge in [0.2, 0.25) is 0 Å². The second-order valence-corrected chi connectivity index (χ2v) is 9.02. The minimum absolute atomic E-state index is 0.289. The number of rotatable bonds is 9. The molecule has 2 amide bonds. The van der Waals surface area contributed by atoms with Gasteiger partial charge in [-0.25, -0.2) is 0 Å². The van der Waals surface area contributed by atoms with E-state index in [0.29, 0.717) is 57.3 Å². The lowest BCUT2D eigenvalue weighted by Gasteiger charge is -2.17. The van der Waals surface area contributed by atoms with E-state index in [9.17, 15) is 9.59 Å². The van der Waals surface area contributed by atoms with Gasteiger partial charge < -0.3 is 24.8 Å². The van der Waals surface area contributed by atoms with Crippen molar-refractivity contribution in [2.75, 3.05) is 31.0 Å². The number of nitrogens with one attached hydrogen (secondary N) is 2. The highest BCUT2D eigenvalue weighted by molar-refractivity contribution is 7.21. The lowest BCUT2D eigenvalue weighted by molar-refractivity contribution is 0.101. The number of carbonyl (C=O) groups is 2. The fraction of sp³-hybridized carbons (Fsp3) is 0.185. The van der Waals surface area contributed by atoms with Gasteiger partial charge in [-0.3, -0.25) is 9.59 Å². The molecule has 0 aliphatic carbocycles. The zero-order valence-electron chi connectivity index (χ0n) is 20.0. The molecule has 0 atom stereocenters. The number of fused-ring (bicyclic) bond motifs is 1. The predicted molar refractivity (Wildman–Crippen MR) is 145 cm³/mol. The lowest BCUT2D eigenvalue weighted by atomic mass is 10.2. The lowest BCUT2D eigenvalue weighted by Crippen LogP contribution is -2.15. The molecule has 4 aromatic rings. The molecule has 7 nitrogen and oxygen atoms in total. The van der Waals surface area contributed by atoms with Crippen molar-refractivity contribution < 1.29 is 23.8 Å². The standard InChI is InChI=1S/C27H25ClN2O5S/c1-4-34-21-15-20(22(35-5-2)14-19(21)29-26(31)16-9-7-6-8-10-16)30-27(32)25-24(28)18-13-17(33-3)11-12-23(18)36-25/h6-15H,4-5H2,1-3H3,(H,29,31)(H,30,32). The van der Waals surface area contributed by atoms with Crippen molar-refractivity contribution in [3.8, 4) is 17.2 Å². The number of carbonyl (C=O) groups excluding carboxylic acids is 2. The Hall–Kier alpha value is -3.75. The fourth-order valence-corrected chi connectivity index (χ4v) is 4.97. The normalized spacial score (nSPS) is 10.7. The van der Waals surface area contributed by atoms with Crippen molar-refractivity contribution >= 4 is 56.2 Å². The van der Waals surface area contributed by atoms with Crippen LogP contribution >= 0.6 is 22.9 Å². The molecule has 0 aliphatic heterocycles. The van der Waals surface area contributed by atoms with Gasteiger partial charge in [-0.15, -0.1) is 11.3 Å². The number of benzene rings is 3. The number of ether oxygens (including phenoxy) is 3. The van der Waals surface area contributed by atoms with Crippen molar-refractivity contribution in [1.29, 1.82) is 0 Å². The molecule has 9 heteroatoms. The summed E-state index contributed by atoms with van der Waals surface area (Å²) < 4.78 is 17.7. The molecule has 4 rings (SSSR count). The maximum atomic E-state index is 13.2. The van der Waals surface area contributed by atoms with Crippen molar-refractivity contribution in [3.05, 3.63) is 76.1 Å². The van der Waals surface area contributed by atoms with E-state index >= 15 is 0 Å². The molecule has 0 bridgehead atoms. The summed E-state index contributed by atoms with van der Waals surface area (Å²) >= 11 is 7.85. The van der Waals surface area contributed by atoms with Crippen LogP contribution in [0.15, 0.2) is 60.7 Å². The molecule has 0 spiro atoms. The largest absolute Gasteiger partial charge is 0.497 e. The summed E-state index contributed by atoms with van der Waals surface area (Å²) in [5.74, 6) is 0.763. The zero-order chi connectivity index (χ0) is 25.7. The Morgan fingerprint density at radius 1 is 0.861 bits per heavy atom. The van der Waals surface area contributed by atoms with E-state index in [-0.39, 0.29) is 11.8 Å². The molecule has 0 aliphatic rings. The molecule has 0 unspecified atom stereocenters. The monoisotopic (exact) mass is 524 g/mol. The molecule has 186 valence electrons. The number of halogens is 1. The van der Waals surface area contributed by atoms with Crippen LogP contribution in [0.3, 0.4) is 0 Å². The van der Waals surface area contributed by atoms with Crippen molar-refractivity contribution in [2.45, 2.75) is 13.8 Å². The average molecular weight is 525 g/mol. The van der Waals surface area contributed by atoms with Gasteiger partial charge in [-0.1, -0.05) is 29.8 Å². The molecule has 0 saturated heterocycles. The molecule has 36 heavy (non-hydrogen) atoms. The molecule has 0 fully saturated rings. The summed E-state index contributed by atoms with van der Waals surface area (Å²) in [4.78, 5) is 26.4. The third kappa shape index (κ3) is 5.40. The SMILES string of the molecule is CCOc1cc(NC(=O)c2sc3ccc(OC)cc3c2Cl)c(OCC)cc1NC(=O)c1ccccc1. The van der Waals surface area contributed by atoms with Gasteiger partial charge >= 0.3 is 0 Å². The van der Waals surface area contributed by atoms with Crippen LogP contribution in [0.4, 0.5) is 11.4 Å². The van der Waals surface area contributed by atoms with Crippen LogP contribution in [0.1, 0.15) is 33.9 Å². The van der Waals surface area contributed by atoms with Gasteiger partial charge in [0.25, 0.3) is 11.8 Å². The number of anilines is 2.